The topological polar surface area (TPSA) is 169 Å². The van der Waals surface area contributed by atoms with E-state index in [1.165, 1.54) is 47.3 Å². The fraction of sp³-hybridized carbons (Fsp3) is 0.444. The van der Waals surface area contributed by atoms with Crippen LogP contribution in [0.15, 0.2) is 47.7 Å². The molecule has 4 heterocycles. The summed E-state index contributed by atoms with van der Waals surface area (Å²) in [6, 6.07) is 8.34. The number of carbonyl (C=O) groups excluding carboxylic acids is 1. The highest BCUT2D eigenvalue weighted by atomic mass is 35.5. The summed E-state index contributed by atoms with van der Waals surface area (Å²) in [4.78, 5) is 24.3. The van der Waals surface area contributed by atoms with Crippen molar-refractivity contribution in [2.45, 2.75) is 43.8 Å². The number of hydrogen-bond acceptors (Lipinski definition) is 12. The van der Waals surface area contributed by atoms with E-state index in [1.54, 1.807) is 4.90 Å². The van der Waals surface area contributed by atoms with Crippen molar-refractivity contribution in [2.75, 3.05) is 36.0 Å². The number of carbonyl (C=O) groups is 1. The zero-order valence-corrected chi connectivity index (χ0v) is 25.9. The average Bonchev–Trinajstić information content (AvgIpc) is 3.41. The fourth-order valence-electron chi connectivity index (χ4n) is 5.04. The zero-order chi connectivity index (χ0) is 33.7. The van der Waals surface area contributed by atoms with Crippen molar-refractivity contribution < 1.29 is 41.0 Å². The number of sulfone groups is 1. The third-order valence-electron chi connectivity index (χ3n) is 7.71. The van der Waals surface area contributed by atoms with E-state index in [4.69, 9.17) is 11.6 Å². The van der Waals surface area contributed by atoms with Gasteiger partial charge in [-0.15, -0.1) is 5.10 Å². The second kappa shape index (κ2) is 12.5. The molecule has 0 radical (unpaired) electrons. The molecule has 20 heteroatoms. The summed E-state index contributed by atoms with van der Waals surface area (Å²) in [5.41, 5.74) is 0.340. The lowest BCUT2D eigenvalue weighted by atomic mass is 10.2. The molecule has 4 atom stereocenters. The lowest BCUT2D eigenvalue weighted by Crippen LogP contribution is -2.49. The van der Waals surface area contributed by atoms with Crippen LogP contribution in [0.3, 0.4) is 0 Å². The number of pyridine rings is 1. The first kappa shape index (κ1) is 32.9. The minimum Gasteiger partial charge on any atom is -0.382 e. The molecule has 1 aromatic carbocycles. The molecule has 6 rings (SSSR count). The van der Waals surface area contributed by atoms with Crippen molar-refractivity contribution in [3.63, 3.8) is 0 Å². The molecule has 252 valence electrons. The van der Waals surface area contributed by atoms with Crippen molar-refractivity contribution in [2.24, 2.45) is 5.10 Å². The number of amidine groups is 1. The van der Waals surface area contributed by atoms with Crippen molar-refractivity contribution in [1.82, 2.24) is 35.0 Å². The number of nitrogens with one attached hydrogen (secondary N) is 1. The standard InChI is InChI=1S/C27H28ClF4N9O5S/c28-16-5-3-15(4-6-16)23-37-40(26(44)39(23)13-20(42)27(30,31)32)14-21-35-25(38-8-10-47(45,46)11-9-38)41(36-21)19-2-1-7-33-22(19)24(43)34-18-12-17(18)29/h1-7,17-18,20,26,42,44H,8-14H2,(H,34,43)/t17-,18-,20-,26?/m1/s1. The quantitative estimate of drug-likeness (QED) is 0.273. The van der Waals surface area contributed by atoms with Crippen LogP contribution in [-0.2, 0) is 16.4 Å². The van der Waals surface area contributed by atoms with Crippen LogP contribution in [0.25, 0.3) is 5.69 Å². The van der Waals surface area contributed by atoms with Crippen LogP contribution in [-0.4, -0.2) is 122 Å². The first-order valence-corrected chi connectivity index (χ1v) is 16.5. The second-order valence-corrected chi connectivity index (χ2v) is 13.9. The van der Waals surface area contributed by atoms with Gasteiger partial charge in [-0.2, -0.15) is 27.9 Å². The van der Waals surface area contributed by atoms with Crippen molar-refractivity contribution >= 4 is 39.1 Å². The van der Waals surface area contributed by atoms with Gasteiger partial charge >= 0.3 is 6.18 Å². The number of aromatic nitrogens is 4. The van der Waals surface area contributed by atoms with E-state index >= 15 is 0 Å². The number of amides is 1. The van der Waals surface area contributed by atoms with E-state index in [2.05, 4.69) is 25.5 Å². The number of hydrazone groups is 1. The van der Waals surface area contributed by atoms with Gasteiger partial charge in [0.2, 0.25) is 12.3 Å². The van der Waals surface area contributed by atoms with Crippen molar-refractivity contribution in [1.29, 1.82) is 0 Å². The molecule has 1 amide bonds. The summed E-state index contributed by atoms with van der Waals surface area (Å²) in [6.07, 6.45) is -9.22. The monoisotopic (exact) mass is 701 g/mol. The SMILES string of the molecule is O=C(N[C@@H]1C[C@H]1F)c1ncccc1-n1nc(CN2N=C(c3ccc(Cl)cc3)N(C[C@@H](O)C(F)(F)F)C2O)nc1N1CCS(=O)(=O)CC1. The van der Waals surface area contributed by atoms with Gasteiger partial charge in [-0.1, -0.05) is 11.6 Å². The molecule has 14 nitrogen and oxygen atoms in total. The number of anilines is 1. The molecule has 2 aromatic heterocycles. The van der Waals surface area contributed by atoms with Crippen LogP contribution in [0.2, 0.25) is 5.02 Å². The second-order valence-electron chi connectivity index (χ2n) is 11.2. The van der Waals surface area contributed by atoms with Crippen LogP contribution >= 0.6 is 11.6 Å². The van der Waals surface area contributed by atoms with E-state index in [0.29, 0.717) is 10.6 Å². The number of rotatable bonds is 9. The minimum absolute atomic E-state index is 0.00821. The third-order valence-corrected chi connectivity index (χ3v) is 9.57. The van der Waals surface area contributed by atoms with Crippen LogP contribution < -0.4 is 10.2 Å². The lowest BCUT2D eigenvalue weighted by Gasteiger charge is -2.29. The molecule has 3 N–H and O–H groups in total. The molecular formula is C27H28ClF4N9O5S. The highest BCUT2D eigenvalue weighted by Crippen LogP contribution is 2.29. The lowest BCUT2D eigenvalue weighted by molar-refractivity contribution is -0.212. The first-order valence-electron chi connectivity index (χ1n) is 14.3. The predicted molar refractivity (Wildman–Crippen MR) is 159 cm³/mol. The molecule has 0 bridgehead atoms. The van der Waals surface area contributed by atoms with Crippen molar-refractivity contribution in [3.05, 3.63) is 64.7 Å². The summed E-state index contributed by atoms with van der Waals surface area (Å²) in [6.45, 7) is -1.33. The van der Waals surface area contributed by atoms with E-state index in [9.17, 15) is 41.0 Å². The van der Waals surface area contributed by atoms with Gasteiger partial charge in [-0.25, -0.2) is 22.8 Å². The number of β-amino-alcohol motifs (C(OH)–C–C–N with tert-alkyl or cyclic N) is 1. The number of aliphatic hydroxyl groups excluding tert-OH is 2. The summed E-state index contributed by atoms with van der Waals surface area (Å²) < 4.78 is 79.1. The van der Waals surface area contributed by atoms with Crippen LogP contribution in [0.4, 0.5) is 23.5 Å². The molecule has 0 spiro atoms. The Balaban J connectivity index is 1.35. The number of benzene rings is 1. The molecule has 1 saturated heterocycles. The number of hydrogen-bond donors (Lipinski definition) is 3. The highest BCUT2D eigenvalue weighted by molar-refractivity contribution is 7.91. The Morgan fingerprint density at radius 1 is 1.15 bits per heavy atom. The molecule has 47 heavy (non-hydrogen) atoms. The summed E-state index contributed by atoms with van der Waals surface area (Å²) >= 11 is 5.97. The Bertz CT molecular complexity index is 1780. The number of alkyl halides is 4. The van der Waals surface area contributed by atoms with Gasteiger partial charge in [-0.05, 0) is 36.4 Å². The average molecular weight is 702 g/mol. The van der Waals surface area contributed by atoms with Crippen molar-refractivity contribution in [3.8, 4) is 5.69 Å². The van der Waals surface area contributed by atoms with E-state index in [-0.39, 0.29) is 66.6 Å². The Morgan fingerprint density at radius 3 is 2.47 bits per heavy atom. The summed E-state index contributed by atoms with van der Waals surface area (Å²) in [5.74, 6) is -0.981. The Labute approximate surface area is 270 Å². The molecular weight excluding hydrogens is 674 g/mol. The van der Waals surface area contributed by atoms with E-state index < -0.39 is 53.1 Å². The zero-order valence-electron chi connectivity index (χ0n) is 24.3. The summed E-state index contributed by atoms with van der Waals surface area (Å²) in [5, 5.41) is 33.7. The molecule has 1 saturated carbocycles. The Morgan fingerprint density at radius 2 is 1.83 bits per heavy atom. The van der Waals surface area contributed by atoms with Crippen LogP contribution in [0.5, 0.6) is 0 Å². The van der Waals surface area contributed by atoms with Gasteiger partial charge in [-0.3, -0.25) is 4.79 Å². The van der Waals surface area contributed by atoms with Crippen LogP contribution in [0.1, 0.15) is 28.3 Å². The number of halogens is 5. The number of aliphatic hydroxyl groups is 2. The third kappa shape index (κ3) is 7.12. The Hall–Kier alpha value is -4.07. The normalized spacial score (nSPS) is 23.1. The summed E-state index contributed by atoms with van der Waals surface area (Å²) in [7, 11) is -3.30. The van der Waals surface area contributed by atoms with E-state index in [1.807, 2.05) is 0 Å². The van der Waals surface area contributed by atoms with Gasteiger partial charge in [0, 0.05) is 36.3 Å². The maximum Gasteiger partial charge on any atom is 0.416 e. The van der Waals surface area contributed by atoms with Gasteiger partial charge in [0.05, 0.1) is 29.8 Å². The fourth-order valence-corrected chi connectivity index (χ4v) is 6.37. The van der Waals surface area contributed by atoms with Gasteiger partial charge in [0.25, 0.3) is 5.91 Å². The maximum atomic E-state index is 13.5. The minimum atomic E-state index is -4.98. The highest BCUT2D eigenvalue weighted by Gasteiger charge is 2.44. The molecule has 2 fully saturated rings. The smallest absolute Gasteiger partial charge is 0.382 e. The first-order chi connectivity index (χ1) is 22.2. The van der Waals surface area contributed by atoms with Crippen LogP contribution in [0, 0.1) is 0 Å². The van der Waals surface area contributed by atoms with Gasteiger partial charge in [0.15, 0.2) is 33.3 Å². The maximum absolute atomic E-state index is 13.5. The predicted octanol–water partition coefficient (Wildman–Crippen LogP) is 1.07. The number of nitrogens with zero attached hydrogens (tertiary/aromatic N) is 8. The largest absolute Gasteiger partial charge is 0.416 e. The molecule has 2 aliphatic heterocycles. The molecule has 3 aliphatic rings. The molecule has 3 aromatic rings. The molecule has 1 aliphatic carbocycles. The Kier molecular flexibility index (Phi) is 8.75. The molecule has 1 unspecified atom stereocenters. The van der Waals surface area contributed by atoms with E-state index in [0.717, 1.165) is 9.91 Å². The van der Waals surface area contributed by atoms with Gasteiger partial charge < -0.3 is 25.3 Å². The van der Waals surface area contributed by atoms with Gasteiger partial charge in [0.1, 0.15) is 12.7 Å².